The van der Waals surface area contributed by atoms with Crippen LogP contribution in [0.25, 0.3) is 0 Å². The third-order valence-corrected chi connectivity index (χ3v) is 5.70. The van der Waals surface area contributed by atoms with Crippen LogP contribution in [-0.2, 0) is 10.0 Å². The van der Waals surface area contributed by atoms with Crippen LogP contribution in [0.3, 0.4) is 0 Å². The van der Waals surface area contributed by atoms with Crippen LogP contribution < -0.4 is 10.0 Å². The number of likely N-dealkylation sites (N-methyl/N-ethyl adjacent to an activating group) is 1. The summed E-state index contributed by atoms with van der Waals surface area (Å²) in [6.07, 6.45) is 6.75. The van der Waals surface area contributed by atoms with Gasteiger partial charge in [-0.3, -0.25) is 4.90 Å². The van der Waals surface area contributed by atoms with Gasteiger partial charge in [0, 0.05) is 24.7 Å². The molecule has 0 bridgehead atoms. The summed E-state index contributed by atoms with van der Waals surface area (Å²) in [4.78, 5) is 2.28. The predicted octanol–water partition coefficient (Wildman–Crippen LogP) is 0.921. The van der Waals surface area contributed by atoms with Crippen molar-refractivity contribution in [2.75, 3.05) is 25.9 Å². The van der Waals surface area contributed by atoms with Crippen molar-refractivity contribution >= 4 is 10.0 Å². The first-order valence-electron chi connectivity index (χ1n) is 7.90. The summed E-state index contributed by atoms with van der Waals surface area (Å²) in [5.74, 6) is 0.249. The Morgan fingerprint density at radius 1 is 1.20 bits per heavy atom. The van der Waals surface area contributed by atoms with Crippen molar-refractivity contribution in [3.8, 4) is 0 Å². The average molecular weight is 303 g/mol. The van der Waals surface area contributed by atoms with Crippen molar-refractivity contribution < 1.29 is 8.42 Å². The monoisotopic (exact) mass is 303 g/mol. The molecule has 2 aliphatic rings. The van der Waals surface area contributed by atoms with Gasteiger partial charge in [-0.05, 0) is 59.0 Å². The Kier molecular flexibility index (Phi) is 5.84. The third-order valence-electron chi connectivity index (χ3n) is 4.27. The standard InChI is InChI=1S/C14H29N3O2S/c1-12(17(2)14-7-8-14)11-16-20(18,19)10-4-3-9-15-13-5-6-13/h12-16H,3-11H2,1-2H3. The van der Waals surface area contributed by atoms with Crippen molar-refractivity contribution in [2.45, 2.75) is 63.6 Å². The summed E-state index contributed by atoms with van der Waals surface area (Å²) >= 11 is 0. The molecule has 0 radical (unpaired) electrons. The summed E-state index contributed by atoms with van der Waals surface area (Å²) in [5, 5.41) is 3.41. The Labute approximate surface area is 123 Å². The smallest absolute Gasteiger partial charge is 0.211 e. The SMILES string of the molecule is CC(CNS(=O)(=O)CCCCNC1CC1)N(C)C1CC1. The molecular formula is C14H29N3O2S. The molecule has 0 spiro atoms. The van der Waals surface area contributed by atoms with E-state index >= 15 is 0 Å². The lowest BCUT2D eigenvalue weighted by atomic mass is 10.3. The van der Waals surface area contributed by atoms with Gasteiger partial charge in [-0.2, -0.15) is 0 Å². The van der Waals surface area contributed by atoms with E-state index in [1.165, 1.54) is 25.7 Å². The molecule has 1 unspecified atom stereocenters. The zero-order valence-corrected chi connectivity index (χ0v) is 13.6. The van der Waals surface area contributed by atoms with Crippen molar-refractivity contribution in [1.82, 2.24) is 14.9 Å². The first-order chi connectivity index (χ1) is 9.48. The zero-order chi connectivity index (χ0) is 14.6. The minimum Gasteiger partial charge on any atom is -0.314 e. The molecule has 0 heterocycles. The normalized spacial score (nSPS) is 21.4. The first-order valence-corrected chi connectivity index (χ1v) is 9.56. The molecule has 2 aliphatic carbocycles. The molecule has 0 saturated heterocycles. The second-order valence-electron chi connectivity index (χ2n) is 6.35. The predicted molar refractivity (Wildman–Crippen MR) is 82.3 cm³/mol. The number of nitrogens with one attached hydrogen (secondary N) is 2. The Balaban J connectivity index is 1.54. The van der Waals surface area contributed by atoms with Crippen molar-refractivity contribution in [3.05, 3.63) is 0 Å². The fourth-order valence-corrected chi connectivity index (χ4v) is 3.54. The van der Waals surface area contributed by atoms with Gasteiger partial charge in [-0.25, -0.2) is 13.1 Å². The van der Waals surface area contributed by atoms with Gasteiger partial charge in [0.25, 0.3) is 0 Å². The molecule has 0 aromatic heterocycles. The van der Waals surface area contributed by atoms with E-state index in [2.05, 4.69) is 28.9 Å². The summed E-state index contributed by atoms with van der Waals surface area (Å²) in [6, 6.07) is 1.65. The van der Waals surface area contributed by atoms with E-state index in [9.17, 15) is 8.42 Å². The Bertz CT molecular complexity index is 391. The molecule has 0 aromatic rings. The molecule has 6 heteroatoms. The van der Waals surface area contributed by atoms with Gasteiger partial charge in [0.05, 0.1) is 5.75 Å². The third kappa shape index (κ3) is 6.08. The minimum atomic E-state index is -3.10. The second kappa shape index (κ2) is 7.20. The zero-order valence-electron chi connectivity index (χ0n) is 12.8. The van der Waals surface area contributed by atoms with Crippen LogP contribution in [0.5, 0.6) is 0 Å². The maximum atomic E-state index is 11.9. The summed E-state index contributed by atoms with van der Waals surface area (Å²) in [6.45, 7) is 3.55. The van der Waals surface area contributed by atoms with Crippen LogP contribution in [0.4, 0.5) is 0 Å². The summed E-state index contributed by atoms with van der Waals surface area (Å²) in [5.41, 5.74) is 0. The van der Waals surface area contributed by atoms with Gasteiger partial charge in [-0.1, -0.05) is 0 Å². The highest BCUT2D eigenvalue weighted by Gasteiger charge is 2.29. The van der Waals surface area contributed by atoms with E-state index in [0.717, 1.165) is 19.4 Å². The molecule has 2 rings (SSSR count). The van der Waals surface area contributed by atoms with Crippen LogP contribution >= 0.6 is 0 Å². The van der Waals surface area contributed by atoms with Gasteiger partial charge in [0.2, 0.25) is 10.0 Å². The molecule has 20 heavy (non-hydrogen) atoms. The molecule has 2 N–H and O–H groups in total. The van der Waals surface area contributed by atoms with Crippen molar-refractivity contribution in [2.24, 2.45) is 0 Å². The van der Waals surface area contributed by atoms with E-state index in [-0.39, 0.29) is 11.8 Å². The van der Waals surface area contributed by atoms with Gasteiger partial charge in [0.15, 0.2) is 0 Å². The highest BCUT2D eigenvalue weighted by atomic mass is 32.2. The second-order valence-corrected chi connectivity index (χ2v) is 8.27. The minimum absolute atomic E-state index is 0.249. The molecule has 0 aliphatic heterocycles. The first kappa shape index (κ1) is 16.2. The molecule has 5 nitrogen and oxygen atoms in total. The van der Waals surface area contributed by atoms with Crippen LogP contribution in [0, 0.1) is 0 Å². The number of rotatable bonds is 11. The van der Waals surface area contributed by atoms with Gasteiger partial charge < -0.3 is 5.32 Å². The molecule has 0 amide bonds. The van der Waals surface area contributed by atoms with E-state index < -0.39 is 10.0 Å². The van der Waals surface area contributed by atoms with Crippen LogP contribution in [-0.4, -0.2) is 57.3 Å². The Morgan fingerprint density at radius 2 is 1.90 bits per heavy atom. The quantitative estimate of drug-likeness (QED) is 0.557. The average Bonchev–Trinajstić information content (AvgIpc) is 3.27. The number of hydrogen-bond acceptors (Lipinski definition) is 4. The maximum absolute atomic E-state index is 11.9. The lowest BCUT2D eigenvalue weighted by Gasteiger charge is -2.24. The maximum Gasteiger partial charge on any atom is 0.211 e. The number of hydrogen-bond donors (Lipinski definition) is 2. The van der Waals surface area contributed by atoms with Crippen LogP contribution in [0.2, 0.25) is 0 Å². The number of nitrogens with zero attached hydrogens (tertiary/aromatic N) is 1. The lowest BCUT2D eigenvalue weighted by Crippen LogP contribution is -2.41. The van der Waals surface area contributed by atoms with E-state index in [4.69, 9.17) is 0 Å². The Morgan fingerprint density at radius 3 is 2.50 bits per heavy atom. The molecule has 0 aromatic carbocycles. The molecule has 118 valence electrons. The van der Waals surface area contributed by atoms with Crippen molar-refractivity contribution in [3.63, 3.8) is 0 Å². The number of unbranched alkanes of at least 4 members (excludes halogenated alkanes) is 1. The fraction of sp³-hybridized carbons (Fsp3) is 1.00. The highest BCUT2D eigenvalue weighted by molar-refractivity contribution is 7.89. The largest absolute Gasteiger partial charge is 0.314 e. The van der Waals surface area contributed by atoms with E-state index in [1.54, 1.807) is 0 Å². The van der Waals surface area contributed by atoms with Gasteiger partial charge >= 0.3 is 0 Å². The topological polar surface area (TPSA) is 61.4 Å². The van der Waals surface area contributed by atoms with Gasteiger partial charge in [0.1, 0.15) is 0 Å². The Hall–Kier alpha value is -0.170. The van der Waals surface area contributed by atoms with Crippen molar-refractivity contribution in [1.29, 1.82) is 0 Å². The molecule has 1 atom stereocenters. The number of sulfonamides is 1. The molecular weight excluding hydrogens is 274 g/mol. The van der Waals surface area contributed by atoms with Crippen LogP contribution in [0.15, 0.2) is 0 Å². The summed E-state index contributed by atoms with van der Waals surface area (Å²) < 4.78 is 26.5. The molecule has 2 saturated carbocycles. The van der Waals surface area contributed by atoms with Gasteiger partial charge in [-0.15, -0.1) is 0 Å². The summed E-state index contributed by atoms with van der Waals surface area (Å²) in [7, 11) is -1.02. The van der Waals surface area contributed by atoms with Crippen LogP contribution in [0.1, 0.15) is 45.4 Å². The highest BCUT2D eigenvalue weighted by Crippen LogP contribution is 2.26. The lowest BCUT2D eigenvalue weighted by molar-refractivity contribution is 0.248. The van der Waals surface area contributed by atoms with E-state index in [0.29, 0.717) is 18.6 Å². The fourth-order valence-electron chi connectivity index (χ4n) is 2.32. The molecule has 2 fully saturated rings. The van der Waals surface area contributed by atoms with E-state index in [1.807, 2.05) is 0 Å².